The number of aryl methyl sites for hydroxylation is 1. The zero-order valence-electron chi connectivity index (χ0n) is 14.8. The highest BCUT2D eigenvalue weighted by atomic mass is 16.2. The van der Waals surface area contributed by atoms with Crippen LogP contribution in [0.25, 0.3) is 0 Å². The maximum Gasteiger partial charge on any atom is 0.228 e. The van der Waals surface area contributed by atoms with E-state index in [2.05, 4.69) is 20.4 Å². The molecule has 0 radical (unpaired) electrons. The summed E-state index contributed by atoms with van der Waals surface area (Å²) >= 11 is 0. The average Bonchev–Trinajstić information content (AvgIpc) is 3.21. The number of hydrogen-bond acceptors (Lipinski definition) is 5. The molecule has 25 heavy (non-hydrogen) atoms. The Kier molecular flexibility index (Phi) is 3.94. The van der Waals surface area contributed by atoms with Crippen molar-refractivity contribution in [1.29, 1.82) is 0 Å². The van der Waals surface area contributed by atoms with Gasteiger partial charge in [-0.15, -0.1) is 0 Å². The van der Waals surface area contributed by atoms with Crippen LogP contribution in [0, 0.1) is 5.41 Å². The first-order valence-electron chi connectivity index (χ1n) is 8.89. The molecule has 0 bridgehead atoms. The molecule has 0 unspecified atom stereocenters. The molecule has 0 aromatic carbocycles. The summed E-state index contributed by atoms with van der Waals surface area (Å²) in [7, 11) is 3.88. The number of aromatic nitrogens is 4. The van der Waals surface area contributed by atoms with Crippen molar-refractivity contribution in [1.82, 2.24) is 25.1 Å². The van der Waals surface area contributed by atoms with E-state index in [0.717, 1.165) is 49.3 Å². The summed E-state index contributed by atoms with van der Waals surface area (Å²) in [6, 6.07) is 1.91. The minimum atomic E-state index is -0.298. The molecule has 4 rings (SSSR count). The van der Waals surface area contributed by atoms with Crippen molar-refractivity contribution < 1.29 is 4.79 Å². The fourth-order valence-corrected chi connectivity index (χ4v) is 3.53. The van der Waals surface area contributed by atoms with Gasteiger partial charge in [-0.25, -0.2) is 9.97 Å². The van der Waals surface area contributed by atoms with Gasteiger partial charge >= 0.3 is 0 Å². The van der Waals surface area contributed by atoms with Crippen molar-refractivity contribution in [3.63, 3.8) is 0 Å². The molecule has 1 atom stereocenters. The molecule has 2 heterocycles. The summed E-state index contributed by atoms with van der Waals surface area (Å²) in [6.45, 7) is 0.654. The van der Waals surface area contributed by atoms with Gasteiger partial charge in [0, 0.05) is 38.2 Å². The van der Waals surface area contributed by atoms with Gasteiger partial charge in [0.15, 0.2) is 0 Å². The van der Waals surface area contributed by atoms with E-state index in [0.29, 0.717) is 6.54 Å². The molecular formula is C18H24N6O. The topological polar surface area (TPSA) is 75.9 Å². The van der Waals surface area contributed by atoms with Crippen LogP contribution in [0.4, 0.5) is 5.95 Å². The minimum Gasteiger partial charge on any atom is -0.349 e. The fourth-order valence-electron chi connectivity index (χ4n) is 3.53. The molecule has 2 aromatic rings. The first kappa shape index (κ1) is 16.1. The normalized spacial score (nSPS) is 20.6. The summed E-state index contributed by atoms with van der Waals surface area (Å²) in [5.74, 6) is 0.862. The van der Waals surface area contributed by atoms with Gasteiger partial charge in [0.1, 0.15) is 0 Å². The quantitative estimate of drug-likeness (QED) is 0.897. The van der Waals surface area contributed by atoms with Crippen LogP contribution in [0.2, 0.25) is 0 Å². The maximum atomic E-state index is 12.9. The molecule has 1 amide bonds. The monoisotopic (exact) mass is 340 g/mol. The van der Waals surface area contributed by atoms with Gasteiger partial charge < -0.3 is 10.2 Å². The van der Waals surface area contributed by atoms with Gasteiger partial charge in [-0.05, 0) is 38.2 Å². The van der Waals surface area contributed by atoms with E-state index in [-0.39, 0.29) is 17.4 Å². The van der Waals surface area contributed by atoms with Crippen LogP contribution in [-0.2, 0) is 17.8 Å². The lowest BCUT2D eigenvalue weighted by Gasteiger charge is -2.28. The smallest absolute Gasteiger partial charge is 0.228 e. The van der Waals surface area contributed by atoms with E-state index in [1.165, 1.54) is 0 Å². The average molecular weight is 340 g/mol. The summed E-state index contributed by atoms with van der Waals surface area (Å²) in [4.78, 5) is 23.9. The first-order valence-corrected chi connectivity index (χ1v) is 8.89. The predicted octanol–water partition coefficient (Wildman–Crippen LogP) is 1.71. The second-order valence-corrected chi connectivity index (χ2v) is 7.37. The van der Waals surface area contributed by atoms with Crippen LogP contribution in [0.5, 0.6) is 0 Å². The number of carbonyl (C=O) groups excluding carboxylic acids is 1. The van der Waals surface area contributed by atoms with E-state index in [1.807, 2.05) is 42.1 Å². The fraction of sp³-hybridized carbons (Fsp3) is 0.556. The first-order chi connectivity index (χ1) is 12.1. The third-order valence-corrected chi connectivity index (χ3v) is 5.23. The second kappa shape index (κ2) is 6.13. The van der Waals surface area contributed by atoms with Gasteiger partial charge in [-0.1, -0.05) is 0 Å². The Labute approximate surface area is 147 Å². The molecule has 2 aliphatic carbocycles. The number of carbonyl (C=O) groups is 1. The van der Waals surface area contributed by atoms with E-state index in [4.69, 9.17) is 0 Å². The van der Waals surface area contributed by atoms with Gasteiger partial charge in [-0.2, -0.15) is 5.10 Å². The summed E-state index contributed by atoms with van der Waals surface area (Å²) in [6.07, 6.45) is 10.3. The molecule has 7 nitrogen and oxygen atoms in total. The number of nitrogens with zero attached hydrogens (tertiary/aromatic N) is 5. The third kappa shape index (κ3) is 3.10. The zero-order valence-corrected chi connectivity index (χ0v) is 14.8. The van der Waals surface area contributed by atoms with Crippen molar-refractivity contribution in [3.8, 4) is 0 Å². The molecule has 1 N–H and O–H groups in total. The van der Waals surface area contributed by atoms with Crippen molar-refractivity contribution in [2.45, 2.75) is 44.7 Å². The Morgan fingerprint density at radius 1 is 1.44 bits per heavy atom. The SMILES string of the molecule is CN(C)c1ncc2c(n1)CCC[C@H]2NC(=O)C1(Cn2cccn2)CC1. The van der Waals surface area contributed by atoms with Gasteiger partial charge in [0.2, 0.25) is 11.9 Å². The van der Waals surface area contributed by atoms with E-state index < -0.39 is 0 Å². The van der Waals surface area contributed by atoms with E-state index >= 15 is 0 Å². The maximum absolute atomic E-state index is 12.9. The lowest BCUT2D eigenvalue weighted by atomic mass is 9.91. The molecule has 132 valence electrons. The van der Waals surface area contributed by atoms with Crippen LogP contribution in [-0.4, -0.2) is 39.8 Å². The van der Waals surface area contributed by atoms with Crippen molar-refractivity contribution in [2.24, 2.45) is 5.41 Å². The van der Waals surface area contributed by atoms with Crippen molar-refractivity contribution >= 4 is 11.9 Å². The number of amides is 1. The highest BCUT2D eigenvalue weighted by molar-refractivity contribution is 5.85. The lowest BCUT2D eigenvalue weighted by Crippen LogP contribution is -2.38. The Balaban J connectivity index is 1.49. The highest BCUT2D eigenvalue weighted by Crippen LogP contribution is 2.48. The van der Waals surface area contributed by atoms with Gasteiger partial charge in [0.25, 0.3) is 0 Å². The second-order valence-electron chi connectivity index (χ2n) is 7.37. The van der Waals surface area contributed by atoms with Crippen LogP contribution >= 0.6 is 0 Å². The Morgan fingerprint density at radius 3 is 2.96 bits per heavy atom. The van der Waals surface area contributed by atoms with E-state index in [9.17, 15) is 4.79 Å². The van der Waals surface area contributed by atoms with Crippen molar-refractivity contribution in [3.05, 3.63) is 35.9 Å². The predicted molar refractivity (Wildman–Crippen MR) is 94.1 cm³/mol. The number of anilines is 1. The Hall–Kier alpha value is -2.44. The zero-order chi connectivity index (χ0) is 17.4. The number of nitrogens with one attached hydrogen (secondary N) is 1. The van der Waals surface area contributed by atoms with Crippen LogP contribution in [0.3, 0.4) is 0 Å². The van der Waals surface area contributed by atoms with Crippen LogP contribution < -0.4 is 10.2 Å². The molecule has 0 spiro atoms. The Bertz CT molecular complexity index is 766. The van der Waals surface area contributed by atoms with Crippen LogP contribution in [0.1, 0.15) is 43.0 Å². The molecule has 7 heteroatoms. The minimum absolute atomic E-state index is 0.0163. The standard InChI is InChI=1S/C18H24N6O/c1-23(2)17-19-11-13-14(5-3-6-15(13)22-17)21-16(25)18(7-8-18)12-24-10-4-9-20-24/h4,9-11,14H,3,5-8,12H2,1-2H3,(H,21,25)/t14-/m1/s1. The molecular weight excluding hydrogens is 316 g/mol. The molecule has 2 aliphatic rings. The number of rotatable bonds is 5. The van der Waals surface area contributed by atoms with Crippen LogP contribution in [0.15, 0.2) is 24.7 Å². The highest BCUT2D eigenvalue weighted by Gasteiger charge is 2.50. The van der Waals surface area contributed by atoms with Gasteiger partial charge in [-0.3, -0.25) is 9.48 Å². The number of hydrogen-bond donors (Lipinski definition) is 1. The largest absolute Gasteiger partial charge is 0.349 e. The molecule has 1 saturated carbocycles. The summed E-state index contributed by atoms with van der Waals surface area (Å²) in [5, 5.41) is 7.51. The number of fused-ring (bicyclic) bond motifs is 1. The van der Waals surface area contributed by atoms with Gasteiger partial charge in [0.05, 0.1) is 23.7 Å². The third-order valence-electron chi connectivity index (χ3n) is 5.23. The van der Waals surface area contributed by atoms with E-state index in [1.54, 1.807) is 6.20 Å². The Morgan fingerprint density at radius 2 is 2.28 bits per heavy atom. The molecule has 2 aromatic heterocycles. The molecule has 1 fully saturated rings. The summed E-state index contributed by atoms with van der Waals surface area (Å²) < 4.78 is 1.86. The molecule has 0 saturated heterocycles. The summed E-state index contributed by atoms with van der Waals surface area (Å²) in [5.41, 5.74) is 1.83. The van der Waals surface area contributed by atoms with Crippen molar-refractivity contribution in [2.75, 3.05) is 19.0 Å². The molecule has 0 aliphatic heterocycles. The lowest BCUT2D eigenvalue weighted by molar-refractivity contribution is -0.127.